The molecule has 0 aliphatic carbocycles. The minimum absolute atomic E-state index is 0.0948. The lowest BCUT2D eigenvalue weighted by molar-refractivity contribution is -0.133. The standard InChI is InChI=1S/C20H20N4O3/c1-15-19(22-24(21-15)17-11-7-4-8-12-17)20(26)27-14-18(25)23(2)13-16-9-5-3-6-10-16/h3-12H,13-14H2,1-2H3. The van der Waals surface area contributed by atoms with Crippen LogP contribution >= 0.6 is 0 Å². The summed E-state index contributed by atoms with van der Waals surface area (Å²) in [5.74, 6) is -0.962. The van der Waals surface area contributed by atoms with Crippen LogP contribution in [0.25, 0.3) is 5.69 Å². The molecule has 0 aliphatic heterocycles. The summed E-state index contributed by atoms with van der Waals surface area (Å²) in [5.41, 5.74) is 2.27. The zero-order chi connectivity index (χ0) is 19.2. The number of esters is 1. The van der Waals surface area contributed by atoms with Gasteiger partial charge in [0, 0.05) is 13.6 Å². The Bertz CT molecular complexity index is 923. The molecule has 0 saturated heterocycles. The Kier molecular flexibility index (Phi) is 5.61. The largest absolute Gasteiger partial charge is 0.451 e. The summed E-state index contributed by atoms with van der Waals surface area (Å²) >= 11 is 0. The van der Waals surface area contributed by atoms with Gasteiger partial charge in [-0.15, -0.1) is 5.10 Å². The van der Waals surface area contributed by atoms with Gasteiger partial charge in [-0.25, -0.2) is 4.79 Å². The molecular formula is C20H20N4O3. The van der Waals surface area contributed by atoms with Crippen LogP contribution in [0.1, 0.15) is 21.7 Å². The molecule has 0 N–H and O–H groups in total. The number of rotatable bonds is 6. The summed E-state index contributed by atoms with van der Waals surface area (Å²) in [6.07, 6.45) is 0. The first-order chi connectivity index (χ1) is 13.0. The van der Waals surface area contributed by atoms with E-state index in [1.54, 1.807) is 14.0 Å². The number of benzene rings is 2. The zero-order valence-corrected chi connectivity index (χ0v) is 15.2. The second-order valence-electron chi connectivity index (χ2n) is 6.07. The number of amides is 1. The van der Waals surface area contributed by atoms with Gasteiger partial charge >= 0.3 is 5.97 Å². The van der Waals surface area contributed by atoms with Crippen molar-refractivity contribution in [2.75, 3.05) is 13.7 Å². The van der Waals surface area contributed by atoms with Gasteiger partial charge in [0.1, 0.15) is 0 Å². The average molecular weight is 364 g/mol. The molecule has 0 saturated carbocycles. The summed E-state index contributed by atoms with van der Waals surface area (Å²) in [6, 6.07) is 18.8. The van der Waals surface area contributed by atoms with Gasteiger partial charge < -0.3 is 9.64 Å². The number of carbonyl (C=O) groups excluding carboxylic acids is 2. The van der Waals surface area contributed by atoms with E-state index >= 15 is 0 Å². The fraction of sp³-hybridized carbons (Fsp3) is 0.200. The zero-order valence-electron chi connectivity index (χ0n) is 15.2. The molecule has 0 atom stereocenters. The van der Waals surface area contributed by atoms with E-state index in [-0.39, 0.29) is 18.2 Å². The van der Waals surface area contributed by atoms with E-state index in [0.29, 0.717) is 12.2 Å². The first kappa shape index (κ1) is 18.3. The maximum Gasteiger partial charge on any atom is 0.361 e. The molecule has 3 aromatic rings. The molecule has 7 heteroatoms. The lowest BCUT2D eigenvalue weighted by Gasteiger charge is -2.17. The number of carbonyl (C=O) groups is 2. The summed E-state index contributed by atoms with van der Waals surface area (Å²) in [6.45, 7) is 1.77. The molecule has 0 radical (unpaired) electrons. The molecule has 7 nitrogen and oxygen atoms in total. The lowest BCUT2D eigenvalue weighted by atomic mass is 10.2. The number of aryl methyl sites for hydroxylation is 1. The third-order valence-corrected chi connectivity index (χ3v) is 3.98. The van der Waals surface area contributed by atoms with Gasteiger partial charge in [0.2, 0.25) is 0 Å². The minimum Gasteiger partial charge on any atom is -0.451 e. The van der Waals surface area contributed by atoms with Crippen molar-refractivity contribution in [2.45, 2.75) is 13.5 Å². The Morgan fingerprint density at radius 2 is 1.63 bits per heavy atom. The van der Waals surface area contributed by atoms with Crippen LogP contribution in [0, 0.1) is 6.92 Å². The van der Waals surface area contributed by atoms with Crippen molar-refractivity contribution in [1.29, 1.82) is 0 Å². The Labute approximate surface area is 157 Å². The number of para-hydroxylation sites is 1. The van der Waals surface area contributed by atoms with E-state index in [1.165, 1.54) is 9.70 Å². The van der Waals surface area contributed by atoms with Gasteiger partial charge in [0.25, 0.3) is 5.91 Å². The molecule has 0 aliphatic rings. The molecule has 2 aromatic carbocycles. The molecule has 1 aromatic heterocycles. The highest BCUT2D eigenvalue weighted by molar-refractivity contribution is 5.90. The molecule has 1 amide bonds. The van der Waals surface area contributed by atoms with E-state index in [9.17, 15) is 9.59 Å². The van der Waals surface area contributed by atoms with Crippen LogP contribution in [0.5, 0.6) is 0 Å². The van der Waals surface area contributed by atoms with Crippen LogP contribution < -0.4 is 0 Å². The Morgan fingerprint density at radius 3 is 2.30 bits per heavy atom. The molecular weight excluding hydrogens is 344 g/mol. The van der Waals surface area contributed by atoms with Crippen molar-refractivity contribution in [3.8, 4) is 5.69 Å². The molecule has 27 heavy (non-hydrogen) atoms. The normalized spacial score (nSPS) is 10.4. The van der Waals surface area contributed by atoms with Crippen molar-refractivity contribution < 1.29 is 14.3 Å². The smallest absolute Gasteiger partial charge is 0.361 e. The highest BCUT2D eigenvalue weighted by Gasteiger charge is 2.20. The van der Waals surface area contributed by atoms with E-state index in [4.69, 9.17) is 4.74 Å². The first-order valence-electron chi connectivity index (χ1n) is 8.49. The van der Waals surface area contributed by atoms with Gasteiger partial charge in [-0.2, -0.15) is 9.90 Å². The van der Waals surface area contributed by atoms with Gasteiger partial charge in [0.05, 0.1) is 11.4 Å². The number of hydrogen-bond donors (Lipinski definition) is 0. The second-order valence-corrected chi connectivity index (χ2v) is 6.07. The lowest BCUT2D eigenvalue weighted by Crippen LogP contribution is -2.31. The van der Waals surface area contributed by atoms with Crippen LogP contribution in [0.2, 0.25) is 0 Å². The molecule has 0 bridgehead atoms. The molecule has 0 unspecified atom stereocenters. The summed E-state index contributed by atoms with van der Waals surface area (Å²) < 4.78 is 5.13. The SMILES string of the molecule is Cc1nn(-c2ccccc2)nc1C(=O)OCC(=O)N(C)Cc1ccccc1. The van der Waals surface area contributed by atoms with Crippen molar-refractivity contribution >= 4 is 11.9 Å². The van der Waals surface area contributed by atoms with Crippen LogP contribution in [-0.4, -0.2) is 45.4 Å². The third-order valence-electron chi connectivity index (χ3n) is 3.98. The van der Waals surface area contributed by atoms with Crippen LogP contribution in [-0.2, 0) is 16.1 Å². The summed E-state index contributed by atoms with van der Waals surface area (Å²) in [7, 11) is 1.67. The van der Waals surface area contributed by atoms with Crippen molar-refractivity contribution in [3.63, 3.8) is 0 Å². The van der Waals surface area contributed by atoms with Crippen molar-refractivity contribution in [3.05, 3.63) is 77.6 Å². The first-order valence-corrected chi connectivity index (χ1v) is 8.49. The Hall–Kier alpha value is -3.48. The number of likely N-dealkylation sites (N-methyl/N-ethyl adjacent to an activating group) is 1. The fourth-order valence-corrected chi connectivity index (χ4v) is 2.50. The van der Waals surface area contributed by atoms with E-state index in [0.717, 1.165) is 11.3 Å². The maximum absolute atomic E-state index is 12.3. The maximum atomic E-state index is 12.3. The topological polar surface area (TPSA) is 77.3 Å². The number of nitrogens with zero attached hydrogens (tertiary/aromatic N) is 4. The Morgan fingerprint density at radius 1 is 1.00 bits per heavy atom. The number of aromatic nitrogens is 3. The fourth-order valence-electron chi connectivity index (χ4n) is 2.50. The van der Waals surface area contributed by atoms with Crippen LogP contribution in [0.15, 0.2) is 60.7 Å². The number of hydrogen-bond acceptors (Lipinski definition) is 5. The van der Waals surface area contributed by atoms with E-state index in [1.807, 2.05) is 60.7 Å². The monoisotopic (exact) mass is 364 g/mol. The van der Waals surface area contributed by atoms with Gasteiger partial charge in [-0.3, -0.25) is 4.79 Å². The summed E-state index contributed by atoms with van der Waals surface area (Å²) in [5, 5.41) is 8.41. The minimum atomic E-state index is -0.670. The average Bonchev–Trinajstić information content (AvgIpc) is 3.09. The van der Waals surface area contributed by atoms with Crippen molar-refractivity contribution in [2.24, 2.45) is 0 Å². The van der Waals surface area contributed by atoms with E-state index < -0.39 is 5.97 Å². The molecule has 1 heterocycles. The molecule has 0 spiro atoms. The summed E-state index contributed by atoms with van der Waals surface area (Å²) in [4.78, 5) is 27.4. The second kappa shape index (κ2) is 8.27. The highest BCUT2D eigenvalue weighted by atomic mass is 16.5. The van der Waals surface area contributed by atoms with Crippen LogP contribution in [0.4, 0.5) is 0 Å². The van der Waals surface area contributed by atoms with Gasteiger partial charge in [-0.05, 0) is 24.6 Å². The molecule has 138 valence electrons. The molecule has 3 rings (SSSR count). The quantitative estimate of drug-likeness (QED) is 0.628. The van der Waals surface area contributed by atoms with Crippen molar-refractivity contribution in [1.82, 2.24) is 19.9 Å². The molecule has 0 fully saturated rings. The van der Waals surface area contributed by atoms with Crippen LogP contribution in [0.3, 0.4) is 0 Å². The highest BCUT2D eigenvalue weighted by Crippen LogP contribution is 2.09. The van der Waals surface area contributed by atoms with Gasteiger partial charge in [-0.1, -0.05) is 48.5 Å². The number of ether oxygens (including phenoxy) is 1. The predicted octanol–water partition coefficient (Wildman–Crippen LogP) is 2.39. The van der Waals surface area contributed by atoms with E-state index in [2.05, 4.69) is 10.2 Å². The Balaban J connectivity index is 1.59. The predicted molar refractivity (Wildman–Crippen MR) is 99.3 cm³/mol. The third kappa shape index (κ3) is 4.58. The van der Waals surface area contributed by atoms with Gasteiger partial charge in [0.15, 0.2) is 12.3 Å².